The summed E-state index contributed by atoms with van der Waals surface area (Å²) in [6.07, 6.45) is -2.32. The minimum atomic E-state index is -4.39. The van der Waals surface area contributed by atoms with E-state index in [0.29, 0.717) is 35.6 Å². The fraction of sp³-hybridized carbons (Fsp3) is 0.214. The van der Waals surface area contributed by atoms with Crippen molar-refractivity contribution < 1.29 is 13.2 Å². The van der Waals surface area contributed by atoms with Gasteiger partial charge in [-0.25, -0.2) is 4.98 Å². The molecule has 0 atom stereocenters. The summed E-state index contributed by atoms with van der Waals surface area (Å²) in [7, 11) is 0. The number of aromatic nitrogens is 4. The van der Waals surface area contributed by atoms with Crippen molar-refractivity contribution in [1.29, 1.82) is 0 Å². The van der Waals surface area contributed by atoms with Gasteiger partial charge in [-0.3, -0.25) is 0 Å². The summed E-state index contributed by atoms with van der Waals surface area (Å²) in [4.78, 5) is 16.8. The van der Waals surface area contributed by atoms with Gasteiger partial charge in [0.2, 0.25) is 5.28 Å². The summed E-state index contributed by atoms with van der Waals surface area (Å²) in [6, 6.07) is 3.74. The van der Waals surface area contributed by atoms with Crippen LogP contribution in [0.15, 0.2) is 24.5 Å². The van der Waals surface area contributed by atoms with E-state index in [1.54, 1.807) is 4.90 Å². The molecule has 0 saturated heterocycles. The first-order chi connectivity index (χ1) is 10.9. The van der Waals surface area contributed by atoms with Crippen LogP contribution in [0.3, 0.4) is 0 Å². The predicted molar refractivity (Wildman–Crippen MR) is 78.8 cm³/mol. The van der Waals surface area contributed by atoms with Crippen molar-refractivity contribution in [2.45, 2.75) is 12.6 Å². The van der Waals surface area contributed by atoms with E-state index in [4.69, 9.17) is 11.6 Å². The van der Waals surface area contributed by atoms with E-state index in [2.05, 4.69) is 19.9 Å². The van der Waals surface area contributed by atoms with Crippen LogP contribution in [0.25, 0.3) is 11.2 Å². The zero-order valence-corrected chi connectivity index (χ0v) is 12.3. The van der Waals surface area contributed by atoms with E-state index in [1.807, 2.05) is 0 Å². The highest BCUT2D eigenvalue weighted by Crippen LogP contribution is 2.40. The van der Waals surface area contributed by atoms with Crippen LogP contribution in [0.1, 0.15) is 11.1 Å². The first-order valence-corrected chi connectivity index (χ1v) is 7.15. The Morgan fingerprint density at radius 2 is 2.04 bits per heavy atom. The number of rotatable bonds is 1. The van der Waals surface area contributed by atoms with Gasteiger partial charge in [-0.1, -0.05) is 6.07 Å². The van der Waals surface area contributed by atoms with Gasteiger partial charge in [-0.05, 0) is 35.7 Å². The topological polar surface area (TPSA) is 57.7 Å². The summed E-state index contributed by atoms with van der Waals surface area (Å²) in [5.74, 6) is 0.426. The molecule has 0 unspecified atom stereocenters. The summed E-state index contributed by atoms with van der Waals surface area (Å²) in [6.45, 7) is 0.512. The van der Waals surface area contributed by atoms with Crippen LogP contribution in [0.4, 0.5) is 24.7 Å². The Morgan fingerprint density at radius 1 is 1.22 bits per heavy atom. The lowest BCUT2D eigenvalue weighted by Crippen LogP contribution is -2.16. The lowest BCUT2D eigenvalue weighted by Gasteiger charge is -2.20. The lowest BCUT2D eigenvalue weighted by molar-refractivity contribution is -0.137. The zero-order valence-electron chi connectivity index (χ0n) is 11.5. The molecular formula is C14H9ClF3N5. The number of halogens is 4. The zero-order chi connectivity index (χ0) is 16.2. The average Bonchev–Trinajstić information content (AvgIpc) is 3.10. The third-order valence-electron chi connectivity index (χ3n) is 3.80. The number of nitrogens with zero attached hydrogens (tertiary/aromatic N) is 4. The van der Waals surface area contributed by atoms with Gasteiger partial charge >= 0.3 is 6.18 Å². The fourth-order valence-electron chi connectivity index (χ4n) is 2.76. The van der Waals surface area contributed by atoms with Gasteiger partial charge in [0.25, 0.3) is 0 Å². The second-order valence-corrected chi connectivity index (χ2v) is 5.50. The number of imidazole rings is 1. The molecule has 1 aromatic carbocycles. The summed E-state index contributed by atoms with van der Waals surface area (Å²) >= 11 is 5.91. The summed E-state index contributed by atoms with van der Waals surface area (Å²) < 4.78 is 38.9. The lowest BCUT2D eigenvalue weighted by atomic mass is 10.1. The molecule has 0 aliphatic carbocycles. The molecule has 118 valence electrons. The van der Waals surface area contributed by atoms with Crippen molar-refractivity contribution in [3.05, 3.63) is 40.9 Å². The quantitative estimate of drug-likeness (QED) is 0.686. The Labute approximate surface area is 133 Å². The average molecular weight is 340 g/mol. The van der Waals surface area contributed by atoms with Gasteiger partial charge in [0.1, 0.15) is 5.52 Å². The van der Waals surface area contributed by atoms with Gasteiger partial charge < -0.3 is 9.88 Å². The number of alkyl halides is 3. The van der Waals surface area contributed by atoms with E-state index < -0.39 is 11.7 Å². The summed E-state index contributed by atoms with van der Waals surface area (Å²) in [5, 5.41) is 0.0000241. The first kappa shape index (κ1) is 14.3. The molecule has 1 aliphatic rings. The number of nitrogens with one attached hydrogen (secondary N) is 1. The molecule has 0 amide bonds. The highest BCUT2D eigenvalue weighted by Gasteiger charge is 2.33. The molecule has 5 nitrogen and oxygen atoms in total. The maximum absolute atomic E-state index is 13.0. The molecule has 0 saturated carbocycles. The third kappa shape index (κ3) is 2.29. The molecule has 0 fully saturated rings. The number of fused-ring (bicyclic) bond motifs is 2. The van der Waals surface area contributed by atoms with E-state index >= 15 is 0 Å². The Bertz CT molecular complexity index is 905. The molecule has 0 bridgehead atoms. The molecule has 2 aromatic heterocycles. The van der Waals surface area contributed by atoms with Crippen molar-refractivity contribution in [2.75, 3.05) is 11.4 Å². The van der Waals surface area contributed by atoms with Gasteiger partial charge in [-0.2, -0.15) is 23.1 Å². The van der Waals surface area contributed by atoms with Crippen LogP contribution >= 0.6 is 11.6 Å². The molecular weight excluding hydrogens is 331 g/mol. The van der Waals surface area contributed by atoms with E-state index in [-0.39, 0.29) is 5.28 Å². The molecule has 1 N–H and O–H groups in total. The third-order valence-corrected chi connectivity index (χ3v) is 3.97. The van der Waals surface area contributed by atoms with E-state index in [0.717, 1.165) is 17.7 Å². The van der Waals surface area contributed by atoms with Gasteiger partial charge in [0.05, 0.1) is 11.9 Å². The number of hydrogen-bond donors (Lipinski definition) is 1. The highest BCUT2D eigenvalue weighted by atomic mass is 35.5. The van der Waals surface area contributed by atoms with Crippen LogP contribution in [0, 0.1) is 0 Å². The SMILES string of the molecule is FC(F)(F)c1ccc2c(c1)N(c1nc(Cl)nc3nc[nH]c13)CC2. The molecule has 3 aromatic rings. The predicted octanol–water partition coefficient (Wildman–Crippen LogP) is 3.72. The number of benzene rings is 1. The minimum Gasteiger partial charge on any atom is -0.340 e. The van der Waals surface area contributed by atoms with Gasteiger partial charge in [0.15, 0.2) is 11.5 Å². The van der Waals surface area contributed by atoms with Crippen molar-refractivity contribution in [3.8, 4) is 0 Å². The molecule has 0 radical (unpaired) electrons. The second-order valence-electron chi connectivity index (χ2n) is 5.16. The Balaban J connectivity index is 1.88. The maximum Gasteiger partial charge on any atom is 0.416 e. The van der Waals surface area contributed by atoms with Crippen molar-refractivity contribution in [1.82, 2.24) is 19.9 Å². The first-order valence-electron chi connectivity index (χ1n) is 6.78. The number of aromatic amines is 1. The Morgan fingerprint density at radius 3 is 2.83 bits per heavy atom. The van der Waals surface area contributed by atoms with Crippen molar-refractivity contribution >= 4 is 34.3 Å². The molecule has 23 heavy (non-hydrogen) atoms. The monoisotopic (exact) mass is 339 g/mol. The molecule has 0 spiro atoms. The number of anilines is 2. The summed E-state index contributed by atoms with van der Waals surface area (Å²) in [5.41, 5.74) is 1.54. The van der Waals surface area contributed by atoms with Crippen LogP contribution < -0.4 is 4.90 Å². The standard InChI is InChI=1S/C14H9ClF3N5/c15-13-21-11-10(19-6-20-11)12(22-13)23-4-3-7-1-2-8(5-9(7)23)14(16,17)18/h1-2,5-6H,3-4H2,(H,19,20,21,22). The molecule has 4 rings (SSSR count). The second kappa shape index (κ2) is 4.82. The maximum atomic E-state index is 13.0. The Kier molecular flexibility index (Phi) is 2.99. The van der Waals surface area contributed by atoms with E-state index in [1.165, 1.54) is 12.4 Å². The number of hydrogen-bond acceptors (Lipinski definition) is 4. The van der Waals surface area contributed by atoms with Gasteiger partial charge in [0, 0.05) is 12.2 Å². The normalized spacial score (nSPS) is 14.5. The largest absolute Gasteiger partial charge is 0.416 e. The molecule has 1 aliphatic heterocycles. The van der Waals surface area contributed by atoms with Crippen molar-refractivity contribution in [3.63, 3.8) is 0 Å². The van der Waals surface area contributed by atoms with Crippen LogP contribution in [-0.4, -0.2) is 26.5 Å². The Hall–Kier alpha value is -2.35. The van der Waals surface area contributed by atoms with E-state index in [9.17, 15) is 13.2 Å². The molecule has 3 heterocycles. The molecule has 9 heteroatoms. The highest BCUT2D eigenvalue weighted by molar-refractivity contribution is 6.28. The fourth-order valence-corrected chi connectivity index (χ4v) is 2.92. The minimum absolute atomic E-state index is 0.0000241. The van der Waals surface area contributed by atoms with Gasteiger partial charge in [-0.15, -0.1) is 0 Å². The van der Waals surface area contributed by atoms with Crippen LogP contribution in [0.2, 0.25) is 5.28 Å². The smallest absolute Gasteiger partial charge is 0.340 e. The van der Waals surface area contributed by atoms with Crippen molar-refractivity contribution in [2.24, 2.45) is 0 Å². The van der Waals surface area contributed by atoms with Crippen LogP contribution in [-0.2, 0) is 12.6 Å². The number of H-pyrrole nitrogens is 1. The van der Waals surface area contributed by atoms with Crippen LogP contribution in [0.5, 0.6) is 0 Å².